The molecule has 1 aromatic carbocycles. The van der Waals surface area contributed by atoms with Crippen LogP contribution in [0, 0.1) is 0 Å². The first kappa shape index (κ1) is 13.9. The number of likely N-dealkylation sites (tertiary alicyclic amines) is 1. The van der Waals surface area contributed by atoms with E-state index < -0.39 is 0 Å². The van der Waals surface area contributed by atoms with Gasteiger partial charge >= 0.3 is 0 Å². The molecule has 2 aromatic heterocycles. The lowest BCUT2D eigenvalue weighted by molar-refractivity contribution is 0.0702. The van der Waals surface area contributed by atoms with Crippen molar-refractivity contribution in [1.82, 2.24) is 25.1 Å². The van der Waals surface area contributed by atoms with Gasteiger partial charge in [-0.05, 0) is 25.0 Å². The molecule has 3 heterocycles. The molecule has 1 atom stereocenters. The molecule has 1 aliphatic rings. The predicted molar refractivity (Wildman–Crippen MR) is 86.0 cm³/mol. The number of piperidine rings is 1. The average molecular weight is 307 g/mol. The van der Waals surface area contributed by atoms with Crippen LogP contribution in [-0.4, -0.2) is 44.1 Å². The molecule has 1 N–H and O–H groups in total. The van der Waals surface area contributed by atoms with Crippen LogP contribution in [0.5, 0.6) is 0 Å². The highest BCUT2D eigenvalue weighted by molar-refractivity contribution is 6.04. The molecule has 1 aliphatic heterocycles. The van der Waals surface area contributed by atoms with E-state index in [0.29, 0.717) is 12.2 Å². The summed E-state index contributed by atoms with van der Waals surface area (Å²) in [7, 11) is 0. The summed E-state index contributed by atoms with van der Waals surface area (Å²) in [6.45, 7) is 1.44. The van der Waals surface area contributed by atoms with Gasteiger partial charge in [-0.1, -0.05) is 18.2 Å². The number of fused-ring (bicyclic) bond motifs is 1. The lowest BCUT2D eigenvalue weighted by Gasteiger charge is -2.32. The zero-order valence-corrected chi connectivity index (χ0v) is 12.6. The highest BCUT2D eigenvalue weighted by atomic mass is 16.2. The fourth-order valence-electron chi connectivity index (χ4n) is 3.22. The molecule has 0 spiro atoms. The zero-order chi connectivity index (χ0) is 15.6. The van der Waals surface area contributed by atoms with Gasteiger partial charge in [0.25, 0.3) is 5.91 Å². The normalized spacial score (nSPS) is 18.3. The highest BCUT2D eigenvalue weighted by Gasteiger charge is 2.28. The quantitative estimate of drug-likeness (QED) is 0.788. The number of hydrogen-bond acceptors (Lipinski definition) is 4. The van der Waals surface area contributed by atoms with Crippen LogP contribution < -0.4 is 0 Å². The van der Waals surface area contributed by atoms with Crippen LogP contribution >= 0.6 is 0 Å². The molecule has 6 nitrogen and oxygen atoms in total. The van der Waals surface area contributed by atoms with E-state index in [1.165, 1.54) is 0 Å². The lowest BCUT2D eigenvalue weighted by atomic mass is 9.94. The second-order valence-electron chi connectivity index (χ2n) is 5.84. The number of hydrogen-bond donors (Lipinski definition) is 1. The third kappa shape index (κ3) is 2.56. The number of rotatable bonds is 2. The number of nitrogens with one attached hydrogen (secondary N) is 1. The first-order chi connectivity index (χ1) is 11.3. The molecule has 0 bridgehead atoms. The number of nitrogens with zero attached hydrogens (tertiary/aromatic N) is 4. The van der Waals surface area contributed by atoms with Crippen molar-refractivity contribution in [3.8, 4) is 0 Å². The summed E-state index contributed by atoms with van der Waals surface area (Å²) >= 11 is 0. The SMILES string of the molecule is O=C(c1n[nH]c2ccccc12)N1CCCC(c2ccncn2)C1. The summed E-state index contributed by atoms with van der Waals surface area (Å²) < 4.78 is 0. The molecule has 0 saturated carbocycles. The second kappa shape index (κ2) is 5.79. The van der Waals surface area contributed by atoms with E-state index in [-0.39, 0.29) is 11.8 Å². The van der Waals surface area contributed by atoms with Crippen molar-refractivity contribution < 1.29 is 4.79 Å². The number of para-hydroxylation sites is 1. The van der Waals surface area contributed by atoms with Crippen LogP contribution in [-0.2, 0) is 0 Å². The summed E-state index contributed by atoms with van der Waals surface area (Å²) in [5.74, 6) is 0.252. The number of H-pyrrole nitrogens is 1. The van der Waals surface area contributed by atoms with Gasteiger partial charge < -0.3 is 4.90 Å². The van der Waals surface area contributed by atoms with Gasteiger partial charge in [-0.25, -0.2) is 9.97 Å². The Bertz CT molecular complexity index is 829. The number of benzene rings is 1. The van der Waals surface area contributed by atoms with E-state index in [1.54, 1.807) is 12.5 Å². The summed E-state index contributed by atoms with van der Waals surface area (Å²) in [6, 6.07) is 9.65. The number of carbonyl (C=O) groups excluding carboxylic acids is 1. The van der Waals surface area contributed by atoms with Crippen molar-refractivity contribution >= 4 is 16.8 Å². The Morgan fingerprint density at radius 1 is 1.26 bits per heavy atom. The fraction of sp³-hybridized carbons (Fsp3) is 0.294. The summed E-state index contributed by atoms with van der Waals surface area (Å²) in [4.78, 5) is 23.1. The minimum absolute atomic E-state index is 0.0128. The van der Waals surface area contributed by atoms with Crippen molar-refractivity contribution in [2.24, 2.45) is 0 Å². The van der Waals surface area contributed by atoms with E-state index in [9.17, 15) is 4.79 Å². The third-order valence-electron chi connectivity index (χ3n) is 4.40. The first-order valence-corrected chi connectivity index (χ1v) is 7.81. The monoisotopic (exact) mass is 307 g/mol. The smallest absolute Gasteiger partial charge is 0.275 e. The molecule has 1 saturated heterocycles. The molecule has 0 aliphatic carbocycles. The Balaban J connectivity index is 1.59. The maximum atomic E-state index is 12.9. The minimum Gasteiger partial charge on any atom is -0.337 e. The van der Waals surface area contributed by atoms with E-state index >= 15 is 0 Å². The molecule has 1 unspecified atom stereocenters. The van der Waals surface area contributed by atoms with Crippen LogP contribution in [0.4, 0.5) is 0 Å². The number of amides is 1. The largest absolute Gasteiger partial charge is 0.337 e. The zero-order valence-electron chi connectivity index (χ0n) is 12.6. The van der Waals surface area contributed by atoms with E-state index in [1.807, 2.05) is 35.2 Å². The van der Waals surface area contributed by atoms with Crippen LogP contribution in [0.2, 0.25) is 0 Å². The van der Waals surface area contributed by atoms with Crippen molar-refractivity contribution in [3.05, 3.63) is 54.2 Å². The average Bonchev–Trinajstić information content (AvgIpc) is 3.06. The van der Waals surface area contributed by atoms with Crippen LogP contribution in [0.15, 0.2) is 42.9 Å². The predicted octanol–water partition coefficient (Wildman–Crippen LogP) is 2.37. The maximum absolute atomic E-state index is 12.9. The van der Waals surface area contributed by atoms with E-state index in [0.717, 1.165) is 36.0 Å². The molecule has 3 aromatic rings. The molecule has 1 fully saturated rings. The molecule has 116 valence electrons. The van der Waals surface area contributed by atoms with Gasteiger partial charge in [0.1, 0.15) is 6.33 Å². The molecule has 0 radical (unpaired) electrons. The fourth-order valence-corrected chi connectivity index (χ4v) is 3.22. The van der Waals surface area contributed by atoms with Gasteiger partial charge in [-0.2, -0.15) is 5.10 Å². The van der Waals surface area contributed by atoms with Crippen LogP contribution in [0.3, 0.4) is 0 Å². The lowest BCUT2D eigenvalue weighted by Crippen LogP contribution is -2.39. The van der Waals surface area contributed by atoms with Gasteiger partial charge in [0.05, 0.1) is 5.52 Å². The molecule has 23 heavy (non-hydrogen) atoms. The summed E-state index contributed by atoms with van der Waals surface area (Å²) in [5, 5.41) is 8.04. The standard InChI is InChI=1S/C17H17N5O/c23-17(16-13-5-1-2-6-15(13)20-21-16)22-9-3-4-12(10-22)14-7-8-18-11-19-14/h1-2,5-8,11-12H,3-4,9-10H2,(H,20,21). The molecule has 1 amide bonds. The first-order valence-electron chi connectivity index (χ1n) is 7.81. The van der Waals surface area contributed by atoms with Gasteiger partial charge in [0.15, 0.2) is 5.69 Å². The van der Waals surface area contributed by atoms with Gasteiger partial charge in [0, 0.05) is 36.3 Å². The molecular weight excluding hydrogens is 290 g/mol. The van der Waals surface area contributed by atoms with E-state index in [4.69, 9.17) is 0 Å². The maximum Gasteiger partial charge on any atom is 0.275 e. The Labute approximate surface area is 133 Å². The Hall–Kier alpha value is -2.76. The number of aromatic nitrogens is 4. The van der Waals surface area contributed by atoms with Crippen molar-refractivity contribution in [2.45, 2.75) is 18.8 Å². The van der Waals surface area contributed by atoms with E-state index in [2.05, 4.69) is 20.2 Å². The number of carbonyl (C=O) groups is 1. The number of aromatic amines is 1. The topological polar surface area (TPSA) is 74.8 Å². The van der Waals surface area contributed by atoms with Gasteiger partial charge in [-0.15, -0.1) is 0 Å². The highest BCUT2D eigenvalue weighted by Crippen LogP contribution is 2.27. The second-order valence-corrected chi connectivity index (χ2v) is 5.84. The van der Waals surface area contributed by atoms with Crippen molar-refractivity contribution in [3.63, 3.8) is 0 Å². The van der Waals surface area contributed by atoms with Gasteiger partial charge in [-0.3, -0.25) is 9.89 Å². The van der Waals surface area contributed by atoms with Crippen LogP contribution in [0.1, 0.15) is 34.9 Å². The summed E-state index contributed by atoms with van der Waals surface area (Å²) in [6.07, 6.45) is 5.34. The molecular formula is C17H17N5O. The van der Waals surface area contributed by atoms with Crippen LogP contribution in [0.25, 0.3) is 10.9 Å². The Morgan fingerprint density at radius 2 is 2.17 bits per heavy atom. The summed E-state index contributed by atoms with van der Waals surface area (Å²) in [5.41, 5.74) is 2.40. The van der Waals surface area contributed by atoms with Crippen molar-refractivity contribution in [2.75, 3.05) is 13.1 Å². The van der Waals surface area contributed by atoms with Crippen molar-refractivity contribution in [1.29, 1.82) is 0 Å². The minimum atomic E-state index is -0.0128. The third-order valence-corrected chi connectivity index (χ3v) is 4.40. The van der Waals surface area contributed by atoms with Gasteiger partial charge in [0.2, 0.25) is 0 Å². The Kier molecular flexibility index (Phi) is 3.49. The molecule has 6 heteroatoms. The molecule has 4 rings (SSSR count). The Morgan fingerprint density at radius 3 is 3.04 bits per heavy atom.